The lowest BCUT2D eigenvalue weighted by Crippen LogP contribution is -2.41. The second-order valence-electron chi connectivity index (χ2n) is 5.06. The molecule has 1 aromatic carbocycles. The van der Waals surface area contributed by atoms with Gasteiger partial charge in [-0.3, -0.25) is 4.99 Å². The molecule has 0 radical (unpaired) electrons. The molecule has 24 heavy (non-hydrogen) atoms. The van der Waals surface area contributed by atoms with Crippen molar-refractivity contribution in [1.29, 1.82) is 0 Å². The third-order valence-corrected chi connectivity index (χ3v) is 3.39. The van der Waals surface area contributed by atoms with Gasteiger partial charge in [0.2, 0.25) is 0 Å². The average molecular weight is 358 g/mol. The third kappa shape index (κ3) is 8.96. The van der Waals surface area contributed by atoms with Gasteiger partial charge in [-0.05, 0) is 31.2 Å². The average Bonchev–Trinajstić information content (AvgIpc) is 2.58. The van der Waals surface area contributed by atoms with Crippen LogP contribution in [0.3, 0.4) is 0 Å². The first-order valence-corrected chi connectivity index (χ1v) is 8.49. The van der Waals surface area contributed by atoms with Crippen molar-refractivity contribution in [3.8, 4) is 5.75 Å². The number of guanidine groups is 1. The lowest BCUT2D eigenvalue weighted by Gasteiger charge is -2.22. The number of hydrogen-bond donors (Lipinski definition) is 1. The predicted molar refractivity (Wildman–Crippen MR) is 98.3 cm³/mol. The molecule has 0 aliphatic rings. The number of ether oxygens (including phenoxy) is 3. The molecule has 136 valence electrons. The molecule has 0 saturated carbocycles. The zero-order valence-electron chi connectivity index (χ0n) is 14.8. The number of rotatable bonds is 11. The Bertz CT molecular complexity index is 469. The van der Waals surface area contributed by atoms with E-state index in [1.165, 1.54) is 0 Å². The van der Waals surface area contributed by atoms with Crippen molar-refractivity contribution in [3.05, 3.63) is 29.3 Å². The second-order valence-corrected chi connectivity index (χ2v) is 5.50. The number of benzene rings is 1. The van der Waals surface area contributed by atoms with Gasteiger partial charge in [0.1, 0.15) is 12.4 Å². The van der Waals surface area contributed by atoms with Gasteiger partial charge < -0.3 is 24.4 Å². The van der Waals surface area contributed by atoms with Crippen LogP contribution in [0.15, 0.2) is 29.3 Å². The highest BCUT2D eigenvalue weighted by atomic mass is 35.5. The zero-order valence-corrected chi connectivity index (χ0v) is 15.5. The molecule has 0 fully saturated rings. The monoisotopic (exact) mass is 357 g/mol. The molecule has 1 N–H and O–H groups in total. The molecule has 0 aromatic heterocycles. The van der Waals surface area contributed by atoms with Crippen LogP contribution in [-0.2, 0) is 9.47 Å². The van der Waals surface area contributed by atoms with Gasteiger partial charge in [-0.2, -0.15) is 0 Å². The molecule has 7 heteroatoms. The molecular formula is C17H28ClN3O3. The molecule has 0 amide bonds. The summed E-state index contributed by atoms with van der Waals surface area (Å²) in [6.07, 6.45) is 0. The van der Waals surface area contributed by atoms with Crippen molar-refractivity contribution in [1.82, 2.24) is 10.2 Å². The van der Waals surface area contributed by atoms with Gasteiger partial charge in [0.25, 0.3) is 0 Å². The van der Waals surface area contributed by atoms with E-state index >= 15 is 0 Å². The fraction of sp³-hybridized carbons (Fsp3) is 0.588. The summed E-state index contributed by atoms with van der Waals surface area (Å²) in [5.74, 6) is 1.65. The first-order valence-electron chi connectivity index (χ1n) is 8.11. The number of aliphatic imine (C=N–C) groups is 1. The van der Waals surface area contributed by atoms with Crippen LogP contribution in [0, 0.1) is 0 Å². The highest BCUT2D eigenvalue weighted by Gasteiger charge is 2.05. The van der Waals surface area contributed by atoms with Crippen molar-refractivity contribution in [2.45, 2.75) is 6.92 Å². The lowest BCUT2D eigenvalue weighted by atomic mass is 10.3. The lowest BCUT2D eigenvalue weighted by molar-refractivity contribution is 0.0747. The van der Waals surface area contributed by atoms with Crippen LogP contribution in [0.4, 0.5) is 0 Å². The van der Waals surface area contributed by atoms with Crippen LogP contribution in [0.25, 0.3) is 0 Å². The maximum Gasteiger partial charge on any atom is 0.193 e. The summed E-state index contributed by atoms with van der Waals surface area (Å²) in [6.45, 7) is 6.52. The van der Waals surface area contributed by atoms with E-state index in [-0.39, 0.29) is 0 Å². The Morgan fingerprint density at radius 1 is 1.17 bits per heavy atom. The SMILES string of the molecule is CCNC(=NCCOCCOC)N(C)CCOc1ccc(Cl)cc1. The molecule has 0 bridgehead atoms. The zero-order chi connectivity index (χ0) is 17.6. The Kier molecular flexibility index (Phi) is 11.0. The topological polar surface area (TPSA) is 55.3 Å². The van der Waals surface area contributed by atoms with Crippen LogP contribution in [0.1, 0.15) is 6.92 Å². The minimum atomic E-state index is 0.562. The minimum Gasteiger partial charge on any atom is -0.492 e. The maximum atomic E-state index is 5.86. The molecule has 0 atom stereocenters. The summed E-state index contributed by atoms with van der Waals surface area (Å²) in [6, 6.07) is 7.35. The Morgan fingerprint density at radius 3 is 2.58 bits per heavy atom. The molecule has 1 rings (SSSR count). The number of halogens is 1. The molecule has 6 nitrogen and oxygen atoms in total. The van der Waals surface area contributed by atoms with E-state index in [1.807, 2.05) is 43.1 Å². The van der Waals surface area contributed by atoms with E-state index in [0.717, 1.165) is 24.8 Å². The van der Waals surface area contributed by atoms with Crippen LogP contribution in [0.5, 0.6) is 5.75 Å². The summed E-state index contributed by atoms with van der Waals surface area (Å²) in [7, 11) is 3.64. The fourth-order valence-corrected chi connectivity index (χ4v) is 1.99. The van der Waals surface area contributed by atoms with Crippen molar-refractivity contribution in [2.75, 3.05) is 60.2 Å². The first-order chi connectivity index (χ1) is 11.7. The van der Waals surface area contributed by atoms with Crippen molar-refractivity contribution in [3.63, 3.8) is 0 Å². The van der Waals surface area contributed by atoms with E-state index in [0.29, 0.717) is 38.0 Å². The third-order valence-electron chi connectivity index (χ3n) is 3.13. The van der Waals surface area contributed by atoms with Crippen molar-refractivity contribution >= 4 is 17.6 Å². The van der Waals surface area contributed by atoms with Crippen molar-refractivity contribution in [2.24, 2.45) is 4.99 Å². The fourth-order valence-electron chi connectivity index (χ4n) is 1.87. The largest absolute Gasteiger partial charge is 0.492 e. The van der Waals surface area contributed by atoms with Crippen molar-refractivity contribution < 1.29 is 14.2 Å². The number of likely N-dealkylation sites (N-methyl/N-ethyl adjacent to an activating group) is 1. The van der Waals surface area contributed by atoms with Gasteiger partial charge in [-0.25, -0.2) is 0 Å². The van der Waals surface area contributed by atoms with Gasteiger partial charge in [0.15, 0.2) is 5.96 Å². The van der Waals surface area contributed by atoms with E-state index in [2.05, 4.69) is 10.3 Å². The Balaban J connectivity index is 2.33. The molecule has 0 heterocycles. The highest BCUT2D eigenvalue weighted by Crippen LogP contribution is 2.15. The normalized spacial score (nSPS) is 11.4. The molecule has 0 spiro atoms. The molecule has 0 aliphatic heterocycles. The summed E-state index contributed by atoms with van der Waals surface area (Å²) in [5, 5.41) is 3.97. The molecular weight excluding hydrogens is 330 g/mol. The Labute approximate surface area is 149 Å². The van der Waals surface area contributed by atoms with Gasteiger partial charge in [-0.15, -0.1) is 0 Å². The molecule has 0 aliphatic carbocycles. The Morgan fingerprint density at radius 2 is 1.92 bits per heavy atom. The van der Waals surface area contributed by atoms with Gasteiger partial charge >= 0.3 is 0 Å². The number of nitrogens with zero attached hydrogens (tertiary/aromatic N) is 2. The van der Waals surface area contributed by atoms with E-state index in [1.54, 1.807) is 7.11 Å². The summed E-state index contributed by atoms with van der Waals surface area (Å²) < 4.78 is 16.1. The summed E-state index contributed by atoms with van der Waals surface area (Å²) in [4.78, 5) is 6.58. The second kappa shape index (κ2) is 12.9. The number of hydrogen-bond acceptors (Lipinski definition) is 4. The van der Waals surface area contributed by atoms with Crippen LogP contribution in [0.2, 0.25) is 5.02 Å². The van der Waals surface area contributed by atoms with Gasteiger partial charge in [-0.1, -0.05) is 11.6 Å². The summed E-state index contributed by atoms with van der Waals surface area (Å²) in [5.41, 5.74) is 0. The standard InChI is InChI=1S/C17H28ClN3O3/c1-4-19-17(20-9-11-23-14-13-22-3)21(2)10-12-24-16-7-5-15(18)6-8-16/h5-8H,4,9-14H2,1-3H3,(H,19,20). The van der Waals surface area contributed by atoms with Crippen LogP contribution < -0.4 is 10.1 Å². The first kappa shape index (κ1) is 20.5. The van der Waals surface area contributed by atoms with E-state index < -0.39 is 0 Å². The quantitative estimate of drug-likeness (QED) is 0.374. The molecule has 0 unspecified atom stereocenters. The van der Waals surface area contributed by atoms with E-state index in [9.17, 15) is 0 Å². The smallest absolute Gasteiger partial charge is 0.193 e. The van der Waals surface area contributed by atoms with Crippen LogP contribution in [-0.4, -0.2) is 71.1 Å². The molecule has 0 saturated heterocycles. The van der Waals surface area contributed by atoms with E-state index in [4.69, 9.17) is 25.8 Å². The predicted octanol–water partition coefficient (Wildman–Crippen LogP) is 2.28. The number of methoxy groups -OCH3 is 1. The van der Waals surface area contributed by atoms with Gasteiger partial charge in [0.05, 0.1) is 32.9 Å². The minimum absolute atomic E-state index is 0.562. The highest BCUT2D eigenvalue weighted by molar-refractivity contribution is 6.30. The van der Waals surface area contributed by atoms with Crippen LogP contribution >= 0.6 is 11.6 Å². The number of nitrogens with one attached hydrogen (secondary N) is 1. The molecule has 1 aromatic rings. The summed E-state index contributed by atoms with van der Waals surface area (Å²) >= 11 is 5.86. The van der Waals surface area contributed by atoms with Gasteiger partial charge in [0, 0.05) is 25.7 Å². The Hall–Kier alpha value is -1.50. The maximum absolute atomic E-state index is 5.86.